The molecule has 2 N–H and O–H groups in total. The Morgan fingerprint density at radius 3 is 2.94 bits per heavy atom. The molecule has 2 atom stereocenters. The number of aromatic nitrogens is 2. The van der Waals surface area contributed by atoms with Crippen molar-refractivity contribution in [1.29, 1.82) is 0 Å². The van der Waals surface area contributed by atoms with Crippen molar-refractivity contribution < 1.29 is 8.60 Å². The summed E-state index contributed by atoms with van der Waals surface area (Å²) in [7, 11) is -0.949. The summed E-state index contributed by atoms with van der Waals surface area (Å²) in [5.41, 5.74) is 7.07. The van der Waals surface area contributed by atoms with Gasteiger partial charge in [-0.05, 0) is 25.1 Å². The maximum atomic E-state index is 13.2. The van der Waals surface area contributed by atoms with E-state index in [-0.39, 0.29) is 11.1 Å². The summed E-state index contributed by atoms with van der Waals surface area (Å²) in [6, 6.07) is 4.33. The minimum absolute atomic E-state index is 0.0574. The molecule has 0 bridgehead atoms. The van der Waals surface area contributed by atoms with E-state index in [9.17, 15) is 8.60 Å². The third-order valence-corrected chi connectivity index (χ3v) is 4.03. The summed E-state index contributed by atoms with van der Waals surface area (Å²) in [4.78, 5) is 4.14. The molecule has 2 aromatic rings. The summed E-state index contributed by atoms with van der Waals surface area (Å²) in [6.45, 7) is 2.33. The van der Waals surface area contributed by atoms with Gasteiger partial charge in [-0.1, -0.05) is 0 Å². The first-order valence-corrected chi connectivity index (χ1v) is 6.84. The van der Waals surface area contributed by atoms with Crippen LogP contribution in [0.5, 0.6) is 0 Å². The molecule has 0 fully saturated rings. The van der Waals surface area contributed by atoms with Crippen molar-refractivity contribution in [3.8, 4) is 0 Å². The van der Waals surface area contributed by atoms with Crippen molar-refractivity contribution in [1.82, 2.24) is 9.55 Å². The monoisotopic (exact) mass is 255 g/mol. The lowest BCUT2D eigenvalue weighted by atomic mass is 10.3. The van der Waals surface area contributed by atoms with Gasteiger partial charge in [0.15, 0.2) is 0 Å². The van der Waals surface area contributed by atoms with Crippen LogP contribution < -0.4 is 5.73 Å². The zero-order valence-corrected chi connectivity index (χ0v) is 10.5. The molecule has 0 aliphatic carbocycles. The Morgan fingerprint density at radius 1 is 1.59 bits per heavy atom. The van der Waals surface area contributed by atoms with E-state index < -0.39 is 10.8 Å². The van der Waals surface area contributed by atoms with Crippen LogP contribution in [0.1, 0.15) is 6.92 Å². The van der Waals surface area contributed by atoms with Gasteiger partial charge in [-0.25, -0.2) is 9.37 Å². The van der Waals surface area contributed by atoms with E-state index in [0.717, 1.165) is 0 Å². The van der Waals surface area contributed by atoms with E-state index in [0.29, 0.717) is 23.5 Å². The van der Waals surface area contributed by atoms with E-state index in [1.54, 1.807) is 16.9 Å². The molecule has 6 heteroatoms. The fourth-order valence-electron chi connectivity index (χ4n) is 1.67. The first-order valence-electron chi connectivity index (χ1n) is 5.22. The maximum Gasteiger partial charge on any atom is 0.201 e. The zero-order valence-electron chi connectivity index (χ0n) is 9.68. The van der Waals surface area contributed by atoms with Crippen LogP contribution in [0.2, 0.25) is 0 Å². The van der Waals surface area contributed by atoms with Crippen LogP contribution in [-0.4, -0.2) is 25.3 Å². The number of hydrogen-bond acceptors (Lipinski definition) is 3. The van der Waals surface area contributed by atoms with Gasteiger partial charge in [0.05, 0.1) is 11.0 Å². The van der Waals surface area contributed by atoms with Crippen LogP contribution in [0, 0.1) is 5.82 Å². The van der Waals surface area contributed by atoms with Crippen LogP contribution in [0.15, 0.2) is 18.2 Å². The van der Waals surface area contributed by atoms with Gasteiger partial charge in [0.25, 0.3) is 0 Å². The molecule has 0 spiro atoms. The van der Waals surface area contributed by atoms with Crippen LogP contribution in [0.4, 0.5) is 10.3 Å². The Labute approximate surface area is 101 Å². The summed E-state index contributed by atoms with van der Waals surface area (Å²) < 4.78 is 26.2. The second-order valence-corrected chi connectivity index (χ2v) is 5.82. The summed E-state index contributed by atoms with van der Waals surface area (Å²) >= 11 is 0. The molecule has 0 aliphatic heterocycles. The first kappa shape index (κ1) is 12.0. The lowest BCUT2D eigenvalue weighted by Gasteiger charge is -2.11. The highest BCUT2D eigenvalue weighted by Gasteiger charge is 2.13. The maximum absolute atomic E-state index is 13.2. The number of imidazole rings is 1. The van der Waals surface area contributed by atoms with E-state index in [2.05, 4.69) is 4.98 Å². The van der Waals surface area contributed by atoms with Gasteiger partial charge >= 0.3 is 0 Å². The van der Waals surface area contributed by atoms with Crippen molar-refractivity contribution >= 4 is 27.8 Å². The molecule has 17 heavy (non-hydrogen) atoms. The number of fused-ring (bicyclic) bond motifs is 1. The van der Waals surface area contributed by atoms with Gasteiger partial charge in [-0.3, -0.25) is 4.21 Å². The fourth-order valence-corrected chi connectivity index (χ4v) is 2.03. The highest BCUT2D eigenvalue weighted by Crippen LogP contribution is 2.19. The third-order valence-electron chi connectivity index (χ3n) is 2.75. The topological polar surface area (TPSA) is 60.9 Å². The van der Waals surface area contributed by atoms with Gasteiger partial charge in [0, 0.05) is 28.9 Å². The van der Waals surface area contributed by atoms with Gasteiger partial charge in [-0.15, -0.1) is 0 Å². The molecule has 0 saturated heterocycles. The SMILES string of the molecule is CC(Cn1c(N)nc2ccc(F)cc21)S(C)=O. The van der Waals surface area contributed by atoms with Crippen molar-refractivity contribution in [2.24, 2.45) is 0 Å². The number of nitrogens with two attached hydrogens (primary N) is 1. The highest BCUT2D eigenvalue weighted by atomic mass is 32.2. The Bertz CT molecular complexity index is 581. The van der Waals surface area contributed by atoms with E-state index in [1.807, 2.05) is 6.92 Å². The molecule has 0 amide bonds. The van der Waals surface area contributed by atoms with Crippen molar-refractivity contribution in [2.75, 3.05) is 12.0 Å². The van der Waals surface area contributed by atoms with E-state index in [1.165, 1.54) is 12.1 Å². The standard InChI is InChI=1S/C11H14FN3OS/c1-7(17(2)16)6-15-10-5-8(12)3-4-9(10)14-11(15)13/h3-5,7H,6H2,1-2H3,(H2,13,14). The molecular weight excluding hydrogens is 241 g/mol. The smallest absolute Gasteiger partial charge is 0.201 e. The van der Waals surface area contributed by atoms with E-state index in [4.69, 9.17) is 5.73 Å². The van der Waals surface area contributed by atoms with Gasteiger partial charge in [0.1, 0.15) is 5.82 Å². The average Bonchev–Trinajstić information content (AvgIpc) is 2.55. The minimum atomic E-state index is -0.949. The lowest BCUT2D eigenvalue weighted by molar-refractivity contribution is 0.626. The Balaban J connectivity index is 2.48. The van der Waals surface area contributed by atoms with E-state index >= 15 is 0 Å². The molecule has 4 nitrogen and oxygen atoms in total. The highest BCUT2D eigenvalue weighted by molar-refractivity contribution is 7.84. The summed E-state index contributed by atoms with van der Waals surface area (Å²) in [5, 5.41) is -0.0574. The lowest BCUT2D eigenvalue weighted by Crippen LogP contribution is -2.18. The summed E-state index contributed by atoms with van der Waals surface area (Å²) in [5.74, 6) is -0.00757. The Morgan fingerprint density at radius 2 is 2.29 bits per heavy atom. The predicted molar refractivity (Wildman–Crippen MR) is 67.6 cm³/mol. The van der Waals surface area contributed by atoms with Crippen molar-refractivity contribution in [2.45, 2.75) is 18.7 Å². The molecule has 2 rings (SSSR count). The van der Waals surface area contributed by atoms with Crippen molar-refractivity contribution in [3.05, 3.63) is 24.0 Å². The number of halogens is 1. The third kappa shape index (κ3) is 2.31. The molecule has 1 aromatic heterocycles. The van der Waals surface area contributed by atoms with Crippen LogP contribution in [0.3, 0.4) is 0 Å². The number of hydrogen-bond donors (Lipinski definition) is 1. The number of rotatable bonds is 3. The fraction of sp³-hybridized carbons (Fsp3) is 0.364. The number of anilines is 1. The number of nitrogens with zero attached hydrogens (tertiary/aromatic N) is 2. The van der Waals surface area contributed by atoms with Gasteiger partial charge in [0.2, 0.25) is 5.95 Å². The molecule has 2 unspecified atom stereocenters. The summed E-state index contributed by atoms with van der Waals surface area (Å²) in [6.07, 6.45) is 1.64. The molecule has 0 saturated carbocycles. The van der Waals surface area contributed by atoms with Gasteiger partial charge in [-0.2, -0.15) is 0 Å². The molecule has 1 heterocycles. The quantitative estimate of drug-likeness (QED) is 0.904. The average molecular weight is 255 g/mol. The predicted octanol–water partition coefficient (Wildman–Crippen LogP) is 1.52. The largest absolute Gasteiger partial charge is 0.369 e. The van der Waals surface area contributed by atoms with Gasteiger partial charge < -0.3 is 10.3 Å². The first-order chi connectivity index (χ1) is 7.99. The van der Waals surface area contributed by atoms with Crippen LogP contribution in [0.25, 0.3) is 11.0 Å². The molecule has 1 aromatic carbocycles. The normalized spacial score (nSPS) is 15.0. The Hall–Kier alpha value is -1.43. The minimum Gasteiger partial charge on any atom is -0.369 e. The zero-order chi connectivity index (χ0) is 12.6. The second-order valence-electron chi connectivity index (χ2n) is 4.02. The van der Waals surface area contributed by atoms with Crippen molar-refractivity contribution in [3.63, 3.8) is 0 Å². The number of nitrogen functional groups attached to an aromatic ring is 1. The second kappa shape index (κ2) is 4.44. The Kier molecular flexibility index (Phi) is 3.15. The molecule has 0 radical (unpaired) electrons. The van der Waals surface area contributed by atoms with Crippen LogP contribution in [-0.2, 0) is 17.3 Å². The molecule has 92 valence electrons. The molecule has 0 aliphatic rings. The van der Waals surface area contributed by atoms with Crippen LogP contribution >= 0.6 is 0 Å². The molecular formula is C11H14FN3OS. The number of benzene rings is 1.